The number of carbonyl (C=O) groups excluding carboxylic acids is 1. The van der Waals surface area contributed by atoms with Crippen LogP contribution in [0.1, 0.15) is 5.56 Å². The molecule has 0 atom stereocenters. The Morgan fingerprint density at radius 3 is 2.42 bits per heavy atom. The van der Waals surface area contributed by atoms with E-state index in [4.69, 9.17) is 27.9 Å². The van der Waals surface area contributed by atoms with Crippen molar-refractivity contribution in [3.8, 4) is 5.75 Å². The molecular weight excluding hydrogens is 285 g/mol. The summed E-state index contributed by atoms with van der Waals surface area (Å²) in [4.78, 5) is 11.7. The Balaban J connectivity index is 2.01. The second-order valence-corrected chi connectivity index (χ2v) is 4.78. The number of halogens is 2. The van der Waals surface area contributed by atoms with Crippen molar-refractivity contribution < 1.29 is 9.53 Å². The van der Waals surface area contributed by atoms with Gasteiger partial charge in [0.15, 0.2) is 0 Å². The summed E-state index contributed by atoms with van der Waals surface area (Å²) in [5.74, 6) is 0.438. The highest BCUT2D eigenvalue weighted by Crippen LogP contribution is 2.21. The summed E-state index contributed by atoms with van der Waals surface area (Å²) in [5, 5.41) is 3.83. The number of carbonyl (C=O) groups is 1. The molecule has 0 aliphatic rings. The smallest absolute Gasteiger partial charge is 0.410 e. The predicted octanol–water partition coefficient (Wildman–Crippen LogP) is 4.91. The van der Waals surface area contributed by atoms with E-state index in [9.17, 15) is 4.79 Å². The third-order valence-electron chi connectivity index (χ3n) is 2.43. The molecule has 5 heteroatoms. The van der Waals surface area contributed by atoms with Crippen LogP contribution in [0.4, 0.5) is 10.5 Å². The minimum absolute atomic E-state index is 0.438. The molecule has 1 amide bonds. The average molecular weight is 296 g/mol. The van der Waals surface area contributed by atoms with Crippen LogP contribution in [0.5, 0.6) is 5.75 Å². The summed E-state index contributed by atoms with van der Waals surface area (Å²) in [6.45, 7) is 1.84. The van der Waals surface area contributed by atoms with Gasteiger partial charge in [-0.2, -0.15) is 0 Å². The Hall–Kier alpha value is -1.71. The van der Waals surface area contributed by atoms with Gasteiger partial charge >= 0.3 is 6.09 Å². The number of rotatable bonds is 2. The van der Waals surface area contributed by atoms with E-state index < -0.39 is 6.09 Å². The number of amides is 1. The van der Waals surface area contributed by atoms with Gasteiger partial charge in [0, 0.05) is 15.7 Å². The van der Waals surface area contributed by atoms with Crippen molar-refractivity contribution in [2.45, 2.75) is 6.92 Å². The second-order valence-electron chi connectivity index (χ2n) is 3.93. The first-order chi connectivity index (χ1) is 9.04. The lowest BCUT2D eigenvalue weighted by Gasteiger charge is -2.07. The van der Waals surface area contributed by atoms with Crippen molar-refractivity contribution in [2.75, 3.05) is 5.32 Å². The van der Waals surface area contributed by atoms with Crippen LogP contribution in [0.2, 0.25) is 10.0 Å². The van der Waals surface area contributed by atoms with Crippen LogP contribution in [0.25, 0.3) is 0 Å². The first-order valence-corrected chi connectivity index (χ1v) is 6.31. The van der Waals surface area contributed by atoms with Crippen molar-refractivity contribution >= 4 is 35.0 Å². The van der Waals surface area contributed by atoms with Crippen LogP contribution in [0.15, 0.2) is 42.5 Å². The molecule has 0 radical (unpaired) electrons. The molecule has 0 aliphatic carbocycles. The van der Waals surface area contributed by atoms with Crippen LogP contribution in [0, 0.1) is 6.92 Å². The van der Waals surface area contributed by atoms with Crippen LogP contribution in [-0.2, 0) is 0 Å². The molecule has 0 saturated heterocycles. The third kappa shape index (κ3) is 3.88. The zero-order valence-corrected chi connectivity index (χ0v) is 11.6. The van der Waals surface area contributed by atoms with Gasteiger partial charge in [-0.05, 0) is 55.0 Å². The van der Waals surface area contributed by atoms with Crippen LogP contribution in [0.3, 0.4) is 0 Å². The Labute approximate surface area is 121 Å². The first kappa shape index (κ1) is 13.7. The van der Waals surface area contributed by atoms with Crippen LogP contribution < -0.4 is 10.1 Å². The van der Waals surface area contributed by atoms with E-state index in [-0.39, 0.29) is 0 Å². The van der Waals surface area contributed by atoms with E-state index in [1.54, 1.807) is 42.5 Å². The lowest BCUT2D eigenvalue weighted by Crippen LogP contribution is -2.16. The van der Waals surface area contributed by atoms with Crippen molar-refractivity contribution in [1.82, 2.24) is 0 Å². The monoisotopic (exact) mass is 295 g/mol. The van der Waals surface area contributed by atoms with Gasteiger partial charge < -0.3 is 4.74 Å². The highest BCUT2D eigenvalue weighted by atomic mass is 35.5. The van der Waals surface area contributed by atoms with Crippen molar-refractivity contribution in [3.05, 3.63) is 58.1 Å². The topological polar surface area (TPSA) is 38.3 Å². The number of ether oxygens (including phenoxy) is 1. The van der Waals surface area contributed by atoms with E-state index >= 15 is 0 Å². The molecule has 0 spiro atoms. The Morgan fingerprint density at radius 1 is 1.11 bits per heavy atom. The maximum Gasteiger partial charge on any atom is 0.417 e. The first-order valence-electron chi connectivity index (χ1n) is 5.55. The molecule has 19 heavy (non-hydrogen) atoms. The zero-order valence-electron chi connectivity index (χ0n) is 10.1. The van der Waals surface area contributed by atoms with Crippen molar-refractivity contribution in [3.63, 3.8) is 0 Å². The summed E-state index contributed by atoms with van der Waals surface area (Å²) in [7, 11) is 0. The van der Waals surface area contributed by atoms with Crippen molar-refractivity contribution in [2.24, 2.45) is 0 Å². The molecular formula is C14H11Cl2NO2. The highest BCUT2D eigenvalue weighted by Gasteiger charge is 2.06. The van der Waals surface area contributed by atoms with E-state index in [1.165, 1.54) is 0 Å². The Kier molecular flexibility index (Phi) is 4.30. The second kappa shape index (κ2) is 5.95. The SMILES string of the molecule is Cc1cc(OC(=O)Nc2ccc(Cl)cc2)ccc1Cl. The lowest BCUT2D eigenvalue weighted by atomic mass is 10.2. The fourth-order valence-electron chi connectivity index (χ4n) is 1.46. The fourth-order valence-corrected chi connectivity index (χ4v) is 1.71. The summed E-state index contributed by atoms with van der Waals surface area (Å²) >= 11 is 11.6. The van der Waals surface area contributed by atoms with Crippen molar-refractivity contribution in [1.29, 1.82) is 0 Å². The minimum atomic E-state index is -0.566. The van der Waals surface area contributed by atoms with E-state index in [2.05, 4.69) is 5.32 Å². The maximum absolute atomic E-state index is 11.7. The number of nitrogens with one attached hydrogen (secondary N) is 1. The fraction of sp³-hybridized carbons (Fsp3) is 0.0714. The quantitative estimate of drug-likeness (QED) is 0.854. The molecule has 0 aliphatic heterocycles. The molecule has 0 heterocycles. The van der Waals surface area contributed by atoms with Gasteiger partial charge in [-0.25, -0.2) is 4.79 Å². The molecule has 2 aromatic carbocycles. The zero-order chi connectivity index (χ0) is 13.8. The standard InChI is InChI=1S/C14H11Cl2NO2/c1-9-8-12(6-7-13(9)16)19-14(18)17-11-4-2-10(15)3-5-11/h2-8H,1H3,(H,17,18). The van der Waals surface area contributed by atoms with Gasteiger partial charge in [0.2, 0.25) is 0 Å². The van der Waals surface area contributed by atoms with Gasteiger partial charge in [-0.1, -0.05) is 23.2 Å². The Bertz CT molecular complexity index is 597. The van der Waals surface area contributed by atoms with E-state index in [1.807, 2.05) is 6.92 Å². The van der Waals surface area contributed by atoms with Gasteiger partial charge in [0.05, 0.1) is 0 Å². The Morgan fingerprint density at radius 2 is 1.79 bits per heavy atom. The molecule has 0 unspecified atom stereocenters. The molecule has 3 nitrogen and oxygen atoms in total. The molecule has 1 N–H and O–H groups in total. The predicted molar refractivity (Wildman–Crippen MR) is 77.3 cm³/mol. The van der Waals surface area contributed by atoms with Crippen LogP contribution in [-0.4, -0.2) is 6.09 Å². The molecule has 2 rings (SSSR count). The minimum Gasteiger partial charge on any atom is -0.410 e. The lowest BCUT2D eigenvalue weighted by molar-refractivity contribution is 0.215. The van der Waals surface area contributed by atoms with Gasteiger partial charge in [-0.3, -0.25) is 5.32 Å². The molecule has 0 aromatic heterocycles. The summed E-state index contributed by atoms with van der Waals surface area (Å²) in [5.41, 5.74) is 1.46. The van der Waals surface area contributed by atoms with E-state index in [0.29, 0.717) is 21.5 Å². The van der Waals surface area contributed by atoms with E-state index in [0.717, 1.165) is 5.56 Å². The molecule has 0 saturated carbocycles. The summed E-state index contributed by atoms with van der Waals surface area (Å²) < 4.78 is 5.14. The summed E-state index contributed by atoms with van der Waals surface area (Å²) in [6.07, 6.45) is -0.566. The normalized spacial score (nSPS) is 10.1. The average Bonchev–Trinajstić information content (AvgIpc) is 2.37. The molecule has 2 aromatic rings. The van der Waals surface area contributed by atoms with Gasteiger partial charge in [0.25, 0.3) is 0 Å². The van der Waals surface area contributed by atoms with Gasteiger partial charge in [-0.15, -0.1) is 0 Å². The number of hydrogen-bond donors (Lipinski definition) is 1. The molecule has 98 valence electrons. The number of hydrogen-bond acceptors (Lipinski definition) is 2. The largest absolute Gasteiger partial charge is 0.417 e. The molecule has 0 fully saturated rings. The molecule has 0 bridgehead atoms. The number of anilines is 1. The summed E-state index contributed by atoms with van der Waals surface area (Å²) in [6, 6.07) is 11.8. The van der Waals surface area contributed by atoms with Crippen LogP contribution >= 0.6 is 23.2 Å². The highest BCUT2D eigenvalue weighted by molar-refractivity contribution is 6.31. The number of aryl methyl sites for hydroxylation is 1. The third-order valence-corrected chi connectivity index (χ3v) is 3.11. The number of benzene rings is 2. The van der Waals surface area contributed by atoms with Gasteiger partial charge in [0.1, 0.15) is 5.75 Å². The maximum atomic E-state index is 11.7.